The van der Waals surface area contributed by atoms with Crippen LogP contribution in [0.3, 0.4) is 0 Å². The molecule has 1 aromatic rings. The fourth-order valence-electron chi connectivity index (χ4n) is 1.77. The van der Waals surface area contributed by atoms with E-state index in [4.69, 9.17) is 0 Å². The molecule has 0 aliphatic heterocycles. The van der Waals surface area contributed by atoms with E-state index >= 15 is 0 Å². The van der Waals surface area contributed by atoms with E-state index in [-0.39, 0.29) is 24.8 Å². The van der Waals surface area contributed by atoms with Gasteiger partial charge in [0.15, 0.2) is 0 Å². The standard InChI is InChI=1S/C14H22N2O3S/c1-12(2)11-16(20(3,18)19)10-9-14(17)15-13-7-5-4-6-8-13/h4-8,12H,9-11H2,1-3H3,(H,15,17). The van der Waals surface area contributed by atoms with Gasteiger partial charge in [0.2, 0.25) is 15.9 Å². The van der Waals surface area contributed by atoms with Crippen LogP contribution in [0.1, 0.15) is 20.3 Å². The summed E-state index contributed by atoms with van der Waals surface area (Å²) in [6, 6.07) is 9.11. The fraction of sp³-hybridized carbons (Fsp3) is 0.500. The van der Waals surface area contributed by atoms with Gasteiger partial charge in [-0.2, -0.15) is 0 Å². The molecule has 0 saturated carbocycles. The molecular formula is C14H22N2O3S. The zero-order valence-corrected chi connectivity index (χ0v) is 13.0. The van der Waals surface area contributed by atoms with E-state index in [0.29, 0.717) is 12.2 Å². The molecule has 1 amide bonds. The first-order valence-corrected chi connectivity index (χ1v) is 8.44. The number of hydrogen-bond donors (Lipinski definition) is 1. The molecule has 1 N–H and O–H groups in total. The van der Waals surface area contributed by atoms with Crippen LogP contribution in [0, 0.1) is 5.92 Å². The number of sulfonamides is 1. The Morgan fingerprint density at radius 1 is 1.25 bits per heavy atom. The minimum atomic E-state index is -3.28. The third-order valence-electron chi connectivity index (χ3n) is 2.68. The molecule has 0 aromatic heterocycles. The maximum Gasteiger partial charge on any atom is 0.225 e. The van der Waals surface area contributed by atoms with Crippen molar-refractivity contribution < 1.29 is 13.2 Å². The van der Waals surface area contributed by atoms with Crippen molar-refractivity contribution in [3.63, 3.8) is 0 Å². The summed E-state index contributed by atoms with van der Waals surface area (Å²) in [5.74, 6) is 0.0375. The highest BCUT2D eigenvalue weighted by Crippen LogP contribution is 2.08. The van der Waals surface area contributed by atoms with E-state index < -0.39 is 10.0 Å². The number of carbonyl (C=O) groups is 1. The summed E-state index contributed by atoms with van der Waals surface area (Å²) < 4.78 is 24.6. The molecule has 0 bridgehead atoms. The largest absolute Gasteiger partial charge is 0.326 e. The molecule has 0 heterocycles. The summed E-state index contributed by atoms with van der Waals surface area (Å²) in [6.45, 7) is 4.53. The van der Waals surface area contributed by atoms with Gasteiger partial charge in [-0.15, -0.1) is 0 Å². The number of benzene rings is 1. The Bertz CT molecular complexity index is 527. The lowest BCUT2D eigenvalue weighted by Crippen LogP contribution is -2.35. The van der Waals surface area contributed by atoms with Gasteiger partial charge < -0.3 is 5.32 Å². The van der Waals surface area contributed by atoms with Crippen molar-refractivity contribution in [1.82, 2.24) is 4.31 Å². The first-order chi connectivity index (χ1) is 9.29. The van der Waals surface area contributed by atoms with Crippen LogP contribution in [0.4, 0.5) is 5.69 Å². The molecule has 0 aliphatic rings. The topological polar surface area (TPSA) is 66.5 Å². The highest BCUT2D eigenvalue weighted by molar-refractivity contribution is 7.88. The molecule has 1 rings (SSSR count). The third kappa shape index (κ3) is 6.16. The van der Waals surface area contributed by atoms with Crippen LogP contribution >= 0.6 is 0 Å². The number of hydrogen-bond acceptors (Lipinski definition) is 3. The van der Waals surface area contributed by atoms with E-state index in [2.05, 4.69) is 5.32 Å². The van der Waals surface area contributed by atoms with E-state index in [9.17, 15) is 13.2 Å². The van der Waals surface area contributed by atoms with Gasteiger partial charge in [-0.3, -0.25) is 4.79 Å². The van der Waals surface area contributed by atoms with E-state index in [1.54, 1.807) is 12.1 Å². The average molecular weight is 298 g/mol. The summed E-state index contributed by atoms with van der Waals surface area (Å²) in [4.78, 5) is 11.8. The molecule has 0 aliphatic carbocycles. The van der Waals surface area contributed by atoms with Crippen molar-refractivity contribution in [2.45, 2.75) is 20.3 Å². The lowest BCUT2D eigenvalue weighted by molar-refractivity contribution is -0.116. The Labute approximate surface area is 121 Å². The minimum absolute atomic E-state index is 0.148. The zero-order valence-electron chi connectivity index (χ0n) is 12.2. The molecule has 0 saturated heterocycles. The average Bonchev–Trinajstić information content (AvgIpc) is 2.34. The summed E-state index contributed by atoms with van der Waals surface area (Å²) in [6.07, 6.45) is 1.32. The summed E-state index contributed by atoms with van der Waals surface area (Å²) in [5, 5.41) is 2.74. The summed E-state index contributed by atoms with van der Waals surface area (Å²) in [5.41, 5.74) is 0.715. The lowest BCUT2D eigenvalue weighted by atomic mass is 10.2. The Morgan fingerprint density at radius 2 is 1.85 bits per heavy atom. The lowest BCUT2D eigenvalue weighted by Gasteiger charge is -2.21. The van der Waals surface area contributed by atoms with Gasteiger partial charge in [-0.1, -0.05) is 32.0 Å². The Morgan fingerprint density at radius 3 is 2.35 bits per heavy atom. The van der Waals surface area contributed by atoms with Crippen LogP contribution < -0.4 is 5.32 Å². The van der Waals surface area contributed by atoms with Crippen LogP contribution in [0.5, 0.6) is 0 Å². The molecule has 0 atom stereocenters. The van der Waals surface area contributed by atoms with Crippen LogP contribution in [-0.4, -0.2) is 38.0 Å². The van der Waals surface area contributed by atoms with Crippen LogP contribution in [-0.2, 0) is 14.8 Å². The van der Waals surface area contributed by atoms with Gasteiger partial charge in [0.25, 0.3) is 0 Å². The zero-order chi connectivity index (χ0) is 15.2. The smallest absolute Gasteiger partial charge is 0.225 e. The van der Waals surface area contributed by atoms with Crippen LogP contribution in [0.15, 0.2) is 30.3 Å². The van der Waals surface area contributed by atoms with E-state index in [1.807, 2.05) is 32.0 Å². The molecule has 112 valence electrons. The number of amides is 1. The number of nitrogens with one attached hydrogen (secondary N) is 1. The van der Waals surface area contributed by atoms with Crippen molar-refractivity contribution in [2.75, 3.05) is 24.7 Å². The van der Waals surface area contributed by atoms with Gasteiger partial charge in [0.1, 0.15) is 0 Å². The molecule has 0 spiro atoms. The monoisotopic (exact) mass is 298 g/mol. The second-order valence-electron chi connectivity index (χ2n) is 5.18. The fourth-order valence-corrected chi connectivity index (χ4v) is 2.76. The van der Waals surface area contributed by atoms with Gasteiger partial charge in [-0.25, -0.2) is 12.7 Å². The van der Waals surface area contributed by atoms with Gasteiger partial charge in [0, 0.05) is 25.2 Å². The normalized spacial score (nSPS) is 11.8. The summed E-state index contributed by atoms with van der Waals surface area (Å²) in [7, 11) is -3.28. The van der Waals surface area contributed by atoms with E-state index in [1.165, 1.54) is 10.6 Å². The van der Waals surface area contributed by atoms with Crippen LogP contribution in [0.25, 0.3) is 0 Å². The van der Waals surface area contributed by atoms with Gasteiger partial charge in [0.05, 0.1) is 6.26 Å². The SMILES string of the molecule is CC(C)CN(CCC(=O)Nc1ccccc1)S(C)(=O)=O. The predicted molar refractivity (Wildman–Crippen MR) is 80.9 cm³/mol. The Hall–Kier alpha value is -1.40. The molecule has 6 heteroatoms. The molecular weight excluding hydrogens is 276 g/mol. The second-order valence-corrected chi connectivity index (χ2v) is 7.16. The molecule has 0 fully saturated rings. The third-order valence-corrected chi connectivity index (χ3v) is 3.95. The van der Waals surface area contributed by atoms with Crippen molar-refractivity contribution >= 4 is 21.6 Å². The molecule has 0 unspecified atom stereocenters. The quantitative estimate of drug-likeness (QED) is 0.836. The number of carbonyl (C=O) groups excluding carboxylic acids is 1. The van der Waals surface area contributed by atoms with Crippen molar-refractivity contribution in [3.05, 3.63) is 30.3 Å². The minimum Gasteiger partial charge on any atom is -0.326 e. The van der Waals surface area contributed by atoms with Gasteiger partial charge >= 0.3 is 0 Å². The van der Waals surface area contributed by atoms with Crippen LogP contribution in [0.2, 0.25) is 0 Å². The molecule has 5 nitrogen and oxygen atoms in total. The number of para-hydroxylation sites is 1. The Balaban J connectivity index is 2.53. The number of nitrogens with zero attached hydrogens (tertiary/aromatic N) is 1. The molecule has 1 aromatic carbocycles. The summed E-state index contributed by atoms with van der Waals surface area (Å²) >= 11 is 0. The van der Waals surface area contributed by atoms with E-state index in [0.717, 1.165) is 0 Å². The highest BCUT2D eigenvalue weighted by Gasteiger charge is 2.18. The highest BCUT2D eigenvalue weighted by atomic mass is 32.2. The molecule has 20 heavy (non-hydrogen) atoms. The maximum absolute atomic E-state index is 11.8. The molecule has 0 radical (unpaired) electrons. The van der Waals surface area contributed by atoms with Gasteiger partial charge in [-0.05, 0) is 18.1 Å². The predicted octanol–water partition coefficient (Wildman–Crippen LogP) is 1.93. The first kappa shape index (κ1) is 16.7. The second kappa shape index (κ2) is 7.40. The van der Waals surface area contributed by atoms with Crippen molar-refractivity contribution in [3.8, 4) is 0 Å². The number of rotatable bonds is 7. The Kier molecular flexibility index (Phi) is 6.16. The maximum atomic E-state index is 11.8. The first-order valence-electron chi connectivity index (χ1n) is 6.59. The number of anilines is 1. The van der Waals surface area contributed by atoms with Crippen molar-refractivity contribution in [2.24, 2.45) is 5.92 Å². The van der Waals surface area contributed by atoms with Crippen molar-refractivity contribution in [1.29, 1.82) is 0 Å².